The Labute approximate surface area is 113 Å². The summed E-state index contributed by atoms with van der Waals surface area (Å²) in [5.74, 6) is 0. The Morgan fingerprint density at radius 2 is 2.12 bits per heavy atom. The molecule has 0 saturated heterocycles. The van der Waals surface area contributed by atoms with Crippen LogP contribution >= 0.6 is 23.2 Å². The lowest BCUT2D eigenvalue weighted by atomic mass is 10.0. The Morgan fingerprint density at radius 3 is 2.76 bits per heavy atom. The number of rotatable bonds is 7. The number of hydrogen-bond donors (Lipinski definition) is 1. The summed E-state index contributed by atoms with van der Waals surface area (Å²) in [5, 5.41) is 4.74. The highest BCUT2D eigenvalue weighted by atomic mass is 35.5. The first-order valence-electron chi connectivity index (χ1n) is 5.89. The SMILES string of the molecule is CCOCCCC(NC)c1cc(Cl)ccc1Cl. The second-order valence-electron chi connectivity index (χ2n) is 3.85. The summed E-state index contributed by atoms with van der Waals surface area (Å²) in [6, 6.07) is 5.79. The van der Waals surface area contributed by atoms with Crippen LogP contribution in [0.4, 0.5) is 0 Å². The van der Waals surface area contributed by atoms with Crippen LogP contribution < -0.4 is 5.32 Å². The van der Waals surface area contributed by atoms with Crippen molar-refractivity contribution in [2.45, 2.75) is 25.8 Å². The molecule has 1 rings (SSSR count). The van der Waals surface area contributed by atoms with Gasteiger partial charge in [0.25, 0.3) is 0 Å². The Balaban J connectivity index is 2.62. The largest absolute Gasteiger partial charge is 0.382 e. The van der Waals surface area contributed by atoms with Gasteiger partial charge in [0.15, 0.2) is 0 Å². The van der Waals surface area contributed by atoms with Gasteiger partial charge in [0, 0.05) is 29.3 Å². The zero-order chi connectivity index (χ0) is 12.7. The third kappa shape index (κ3) is 4.84. The lowest BCUT2D eigenvalue weighted by Gasteiger charge is -2.18. The fourth-order valence-electron chi connectivity index (χ4n) is 1.77. The lowest BCUT2D eigenvalue weighted by molar-refractivity contribution is 0.141. The minimum Gasteiger partial charge on any atom is -0.382 e. The first kappa shape index (κ1) is 14.8. The number of ether oxygens (including phenoxy) is 1. The van der Waals surface area contributed by atoms with Gasteiger partial charge in [-0.1, -0.05) is 23.2 Å². The fraction of sp³-hybridized carbons (Fsp3) is 0.538. The molecule has 0 bridgehead atoms. The van der Waals surface area contributed by atoms with Gasteiger partial charge in [-0.25, -0.2) is 0 Å². The Bertz CT molecular complexity index is 344. The molecule has 0 aromatic heterocycles. The molecule has 2 nitrogen and oxygen atoms in total. The fourth-order valence-corrected chi connectivity index (χ4v) is 2.20. The minimum atomic E-state index is 0.224. The standard InChI is InChI=1S/C13H19Cl2NO/c1-3-17-8-4-5-13(16-2)11-9-10(14)6-7-12(11)15/h6-7,9,13,16H,3-5,8H2,1-2H3. The maximum Gasteiger partial charge on any atom is 0.0466 e. The summed E-state index contributed by atoms with van der Waals surface area (Å²) in [6.07, 6.45) is 1.98. The van der Waals surface area contributed by atoms with Crippen molar-refractivity contribution < 1.29 is 4.74 Å². The van der Waals surface area contributed by atoms with Crippen molar-refractivity contribution in [1.29, 1.82) is 0 Å². The van der Waals surface area contributed by atoms with Crippen molar-refractivity contribution in [3.05, 3.63) is 33.8 Å². The second-order valence-corrected chi connectivity index (χ2v) is 4.69. The smallest absolute Gasteiger partial charge is 0.0466 e. The number of benzene rings is 1. The highest BCUT2D eigenvalue weighted by Crippen LogP contribution is 2.28. The van der Waals surface area contributed by atoms with E-state index in [-0.39, 0.29) is 6.04 Å². The summed E-state index contributed by atoms with van der Waals surface area (Å²) in [6.45, 7) is 3.55. The van der Waals surface area contributed by atoms with E-state index >= 15 is 0 Å². The summed E-state index contributed by atoms with van der Waals surface area (Å²) in [4.78, 5) is 0. The van der Waals surface area contributed by atoms with Crippen LogP contribution in [0.5, 0.6) is 0 Å². The van der Waals surface area contributed by atoms with E-state index in [1.54, 1.807) is 6.07 Å². The average molecular weight is 276 g/mol. The van der Waals surface area contributed by atoms with Gasteiger partial charge < -0.3 is 10.1 Å². The third-order valence-corrected chi connectivity index (χ3v) is 3.25. The average Bonchev–Trinajstić information content (AvgIpc) is 2.33. The number of hydrogen-bond acceptors (Lipinski definition) is 2. The molecule has 4 heteroatoms. The molecule has 0 saturated carbocycles. The maximum atomic E-state index is 6.18. The summed E-state index contributed by atoms with van der Waals surface area (Å²) < 4.78 is 5.33. The summed E-state index contributed by atoms with van der Waals surface area (Å²) >= 11 is 12.2. The lowest BCUT2D eigenvalue weighted by Crippen LogP contribution is -2.17. The van der Waals surface area contributed by atoms with Gasteiger partial charge in [-0.2, -0.15) is 0 Å². The van der Waals surface area contributed by atoms with Gasteiger partial charge in [0.2, 0.25) is 0 Å². The van der Waals surface area contributed by atoms with Gasteiger partial charge >= 0.3 is 0 Å². The van der Waals surface area contributed by atoms with Crippen molar-refractivity contribution >= 4 is 23.2 Å². The first-order chi connectivity index (χ1) is 8.19. The zero-order valence-electron chi connectivity index (χ0n) is 10.3. The van der Waals surface area contributed by atoms with Gasteiger partial charge in [0.05, 0.1) is 0 Å². The predicted molar refractivity (Wildman–Crippen MR) is 74.0 cm³/mol. The van der Waals surface area contributed by atoms with E-state index in [0.29, 0.717) is 0 Å². The van der Waals surface area contributed by atoms with Crippen molar-refractivity contribution in [1.82, 2.24) is 5.32 Å². The van der Waals surface area contributed by atoms with Crippen LogP contribution in [-0.2, 0) is 4.74 Å². The molecular formula is C13H19Cl2NO. The van der Waals surface area contributed by atoms with E-state index in [1.165, 1.54) is 0 Å². The van der Waals surface area contributed by atoms with Gasteiger partial charge in [0.1, 0.15) is 0 Å². The van der Waals surface area contributed by atoms with Gasteiger partial charge in [-0.3, -0.25) is 0 Å². The van der Waals surface area contributed by atoms with E-state index in [2.05, 4.69) is 5.32 Å². The van der Waals surface area contributed by atoms with Crippen molar-refractivity contribution in [3.8, 4) is 0 Å². The molecule has 1 aromatic carbocycles. The highest BCUT2D eigenvalue weighted by molar-refractivity contribution is 6.33. The Morgan fingerprint density at radius 1 is 1.35 bits per heavy atom. The molecule has 0 aliphatic heterocycles. The summed E-state index contributed by atoms with van der Waals surface area (Å²) in [7, 11) is 1.93. The minimum absolute atomic E-state index is 0.224. The molecule has 1 aromatic rings. The molecule has 0 heterocycles. The molecule has 1 N–H and O–H groups in total. The molecule has 0 spiro atoms. The summed E-state index contributed by atoms with van der Waals surface area (Å²) in [5.41, 5.74) is 1.05. The van der Waals surface area contributed by atoms with Crippen LogP contribution in [0.15, 0.2) is 18.2 Å². The van der Waals surface area contributed by atoms with Crippen molar-refractivity contribution in [2.75, 3.05) is 20.3 Å². The molecule has 1 atom stereocenters. The Hall–Kier alpha value is -0.280. The zero-order valence-corrected chi connectivity index (χ0v) is 11.8. The van der Waals surface area contributed by atoms with Crippen LogP contribution in [0, 0.1) is 0 Å². The van der Waals surface area contributed by atoms with Crippen LogP contribution in [-0.4, -0.2) is 20.3 Å². The topological polar surface area (TPSA) is 21.3 Å². The molecule has 0 amide bonds. The van der Waals surface area contributed by atoms with E-state index in [9.17, 15) is 0 Å². The quantitative estimate of drug-likeness (QED) is 0.758. The van der Waals surface area contributed by atoms with Crippen molar-refractivity contribution in [3.63, 3.8) is 0 Å². The van der Waals surface area contributed by atoms with Crippen LogP contribution in [0.1, 0.15) is 31.4 Å². The van der Waals surface area contributed by atoms with Crippen LogP contribution in [0.3, 0.4) is 0 Å². The van der Waals surface area contributed by atoms with E-state index in [1.807, 2.05) is 26.1 Å². The maximum absolute atomic E-state index is 6.18. The number of halogens is 2. The Kier molecular flexibility index (Phi) is 6.90. The molecule has 1 unspecified atom stereocenters. The van der Waals surface area contributed by atoms with Crippen LogP contribution in [0.2, 0.25) is 10.0 Å². The monoisotopic (exact) mass is 275 g/mol. The molecular weight excluding hydrogens is 257 g/mol. The van der Waals surface area contributed by atoms with Gasteiger partial charge in [-0.15, -0.1) is 0 Å². The van der Waals surface area contributed by atoms with E-state index in [0.717, 1.165) is 41.7 Å². The molecule has 0 fully saturated rings. The van der Waals surface area contributed by atoms with Gasteiger partial charge in [-0.05, 0) is 50.6 Å². The first-order valence-corrected chi connectivity index (χ1v) is 6.64. The molecule has 0 aliphatic carbocycles. The van der Waals surface area contributed by atoms with Crippen molar-refractivity contribution in [2.24, 2.45) is 0 Å². The normalized spacial score (nSPS) is 12.7. The van der Waals surface area contributed by atoms with E-state index in [4.69, 9.17) is 27.9 Å². The molecule has 17 heavy (non-hydrogen) atoms. The third-order valence-electron chi connectivity index (χ3n) is 2.67. The molecule has 0 radical (unpaired) electrons. The second kappa shape index (κ2) is 7.93. The molecule has 96 valence electrons. The van der Waals surface area contributed by atoms with E-state index < -0.39 is 0 Å². The van der Waals surface area contributed by atoms with Crippen LogP contribution in [0.25, 0.3) is 0 Å². The number of nitrogens with one attached hydrogen (secondary N) is 1. The predicted octanol–water partition coefficient (Wildman–Crippen LogP) is 4.07. The highest BCUT2D eigenvalue weighted by Gasteiger charge is 2.12. The molecule has 0 aliphatic rings.